The van der Waals surface area contributed by atoms with Crippen LogP contribution in [0.2, 0.25) is 0 Å². The van der Waals surface area contributed by atoms with E-state index in [-0.39, 0.29) is 5.91 Å². The first-order valence-corrected chi connectivity index (χ1v) is 9.02. The lowest BCUT2D eigenvalue weighted by Gasteiger charge is -2.31. The Hall–Kier alpha value is -2.21. The number of amides is 1. The van der Waals surface area contributed by atoms with Gasteiger partial charge >= 0.3 is 0 Å². The van der Waals surface area contributed by atoms with Crippen molar-refractivity contribution in [2.24, 2.45) is 0 Å². The summed E-state index contributed by atoms with van der Waals surface area (Å²) in [5.74, 6) is 0.928. The van der Waals surface area contributed by atoms with Gasteiger partial charge < -0.3 is 9.42 Å². The van der Waals surface area contributed by atoms with Gasteiger partial charge in [-0.25, -0.2) is 4.98 Å². The Morgan fingerprint density at radius 3 is 2.92 bits per heavy atom. The number of fused-ring (bicyclic) bond motifs is 1. The van der Waals surface area contributed by atoms with Crippen LogP contribution in [0.15, 0.2) is 28.8 Å². The molecule has 4 rings (SSSR count). The van der Waals surface area contributed by atoms with Gasteiger partial charge in [0.25, 0.3) is 5.91 Å². The number of carbonyl (C=O) groups is 1. The van der Waals surface area contributed by atoms with Crippen LogP contribution in [-0.2, 0) is 0 Å². The first-order valence-electron chi connectivity index (χ1n) is 8.21. The molecule has 0 radical (unpaired) electrons. The van der Waals surface area contributed by atoms with Gasteiger partial charge in [-0.05, 0) is 38.8 Å². The number of para-hydroxylation sites is 1. The Morgan fingerprint density at radius 1 is 1.33 bits per heavy atom. The largest absolute Gasteiger partial charge is 0.361 e. The molecular formula is C18H19N3O2S. The molecule has 6 heteroatoms. The lowest BCUT2D eigenvalue weighted by atomic mass is 9.98. The Labute approximate surface area is 144 Å². The van der Waals surface area contributed by atoms with Gasteiger partial charge in [0.15, 0.2) is 0 Å². The lowest BCUT2D eigenvalue weighted by Crippen LogP contribution is -2.39. The molecule has 0 unspecified atom stereocenters. The van der Waals surface area contributed by atoms with Crippen LogP contribution in [0.4, 0.5) is 0 Å². The van der Waals surface area contributed by atoms with Crippen molar-refractivity contribution in [2.75, 3.05) is 13.1 Å². The predicted octanol–water partition coefficient (Wildman–Crippen LogP) is 3.92. The lowest BCUT2D eigenvalue weighted by molar-refractivity contribution is 0.0704. The Kier molecular flexibility index (Phi) is 3.84. The number of benzene rings is 1. The summed E-state index contributed by atoms with van der Waals surface area (Å²) in [5.41, 5.74) is 2.33. The maximum Gasteiger partial charge on any atom is 0.259 e. The Bertz CT molecular complexity index is 846. The number of likely N-dealkylation sites (tertiary alicyclic amines) is 1. The second-order valence-electron chi connectivity index (χ2n) is 6.31. The number of aromatic nitrogens is 2. The number of thiazole rings is 1. The second-order valence-corrected chi connectivity index (χ2v) is 7.37. The summed E-state index contributed by atoms with van der Waals surface area (Å²) in [6, 6.07) is 8.20. The zero-order valence-corrected chi connectivity index (χ0v) is 14.6. The number of aryl methyl sites for hydroxylation is 2. The van der Waals surface area contributed by atoms with Crippen molar-refractivity contribution in [2.45, 2.75) is 32.6 Å². The third-order valence-corrected chi connectivity index (χ3v) is 5.81. The predicted molar refractivity (Wildman–Crippen MR) is 93.5 cm³/mol. The summed E-state index contributed by atoms with van der Waals surface area (Å²) in [5, 5.41) is 5.04. The molecular weight excluding hydrogens is 322 g/mol. The number of rotatable bonds is 2. The van der Waals surface area contributed by atoms with Crippen LogP contribution < -0.4 is 0 Å². The van der Waals surface area contributed by atoms with Gasteiger partial charge in [-0.3, -0.25) is 4.79 Å². The summed E-state index contributed by atoms with van der Waals surface area (Å²) in [7, 11) is 0. The van der Waals surface area contributed by atoms with E-state index in [1.807, 2.05) is 30.0 Å². The van der Waals surface area contributed by atoms with Crippen LogP contribution in [0.25, 0.3) is 10.2 Å². The molecule has 1 fully saturated rings. The molecule has 1 aliphatic heterocycles. The molecule has 0 saturated carbocycles. The Balaban J connectivity index is 1.58. The average Bonchev–Trinajstić information content (AvgIpc) is 3.18. The molecule has 1 aliphatic rings. The van der Waals surface area contributed by atoms with Gasteiger partial charge in [0, 0.05) is 19.0 Å². The first kappa shape index (κ1) is 15.3. The SMILES string of the molecule is Cc1noc(C)c1C(=O)N1CCC[C@@H](c2nc3ccccc3s2)C1. The molecule has 124 valence electrons. The van der Waals surface area contributed by atoms with Crippen molar-refractivity contribution in [1.29, 1.82) is 0 Å². The summed E-state index contributed by atoms with van der Waals surface area (Å²) >= 11 is 1.74. The van der Waals surface area contributed by atoms with E-state index < -0.39 is 0 Å². The highest BCUT2D eigenvalue weighted by molar-refractivity contribution is 7.18. The maximum atomic E-state index is 12.9. The van der Waals surface area contributed by atoms with Crippen LogP contribution in [0.3, 0.4) is 0 Å². The summed E-state index contributed by atoms with van der Waals surface area (Å²) in [4.78, 5) is 19.6. The zero-order valence-electron chi connectivity index (χ0n) is 13.8. The second kappa shape index (κ2) is 6.02. The standard InChI is InChI=1S/C18H19N3O2S/c1-11-16(12(2)23-20-11)18(22)21-9-5-6-13(10-21)17-19-14-7-3-4-8-15(14)24-17/h3-4,7-8,13H,5-6,9-10H2,1-2H3/t13-/m1/s1. The van der Waals surface area contributed by atoms with Crippen molar-refractivity contribution in [3.05, 3.63) is 46.3 Å². The highest BCUT2D eigenvalue weighted by Crippen LogP contribution is 2.33. The van der Waals surface area contributed by atoms with Crippen LogP contribution in [0.5, 0.6) is 0 Å². The molecule has 2 aromatic heterocycles. The minimum atomic E-state index is 0.0251. The van der Waals surface area contributed by atoms with E-state index in [9.17, 15) is 4.79 Å². The highest BCUT2D eigenvalue weighted by Gasteiger charge is 2.30. The summed E-state index contributed by atoms with van der Waals surface area (Å²) in [6.45, 7) is 5.11. The molecule has 1 amide bonds. The van der Waals surface area contributed by atoms with Crippen LogP contribution in [0, 0.1) is 13.8 Å². The van der Waals surface area contributed by atoms with E-state index in [0.717, 1.165) is 29.9 Å². The number of piperidine rings is 1. The van der Waals surface area contributed by atoms with E-state index >= 15 is 0 Å². The van der Waals surface area contributed by atoms with Crippen molar-refractivity contribution < 1.29 is 9.32 Å². The number of hydrogen-bond acceptors (Lipinski definition) is 5. The van der Waals surface area contributed by atoms with Gasteiger partial charge in [-0.15, -0.1) is 11.3 Å². The van der Waals surface area contributed by atoms with Crippen molar-refractivity contribution in [3.8, 4) is 0 Å². The van der Waals surface area contributed by atoms with Crippen LogP contribution in [0.1, 0.15) is 45.6 Å². The van der Waals surface area contributed by atoms with Crippen LogP contribution >= 0.6 is 11.3 Å². The molecule has 1 atom stereocenters. The van der Waals surface area contributed by atoms with Crippen molar-refractivity contribution in [3.63, 3.8) is 0 Å². The molecule has 5 nitrogen and oxygen atoms in total. The molecule has 3 aromatic rings. The Morgan fingerprint density at radius 2 is 2.17 bits per heavy atom. The molecule has 1 aromatic carbocycles. The van der Waals surface area contributed by atoms with E-state index in [2.05, 4.69) is 11.2 Å². The minimum absolute atomic E-state index is 0.0251. The van der Waals surface area contributed by atoms with Gasteiger partial charge in [0.2, 0.25) is 0 Å². The van der Waals surface area contributed by atoms with Gasteiger partial charge in [-0.1, -0.05) is 17.3 Å². The molecule has 0 bridgehead atoms. The molecule has 0 N–H and O–H groups in total. The fourth-order valence-corrected chi connectivity index (χ4v) is 4.47. The normalized spacial score (nSPS) is 18.2. The molecule has 24 heavy (non-hydrogen) atoms. The molecule has 3 heterocycles. The number of nitrogens with zero attached hydrogens (tertiary/aromatic N) is 3. The van der Waals surface area contributed by atoms with E-state index in [0.29, 0.717) is 29.5 Å². The first-order chi connectivity index (χ1) is 11.6. The van der Waals surface area contributed by atoms with Crippen LogP contribution in [-0.4, -0.2) is 34.0 Å². The monoisotopic (exact) mass is 341 g/mol. The van der Waals surface area contributed by atoms with E-state index in [1.54, 1.807) is 18.3 Å². The molecule has 1 saturated heterocycles. The average molecular weight is 341 g/mol. The smallest absolute Gasteiger partial charge is 0.259 e. The van der Waals surface area contributed by atoms with Crippen molar-refractivity contribution in [1.82, 2.24) is 15.0 Å². The zero-order chi connectivity index (χ0) is 16.7. The third kappa shape index (κ3) is 2.60. The molecule has 0 aliphatic carbocycles. The number of hydrogen-bond donors (Lipinski definition) is 0. The summed E-state index contributed by atoms with van der Waals surface area (Å²) < 4.78 is 6.36. The fourth-order valence-electron chi connectivity index (χ4n) is 3.37. The van der Waals surface area contributed by atoms with E-state index in [4.69, 9.17) is 9.51 Å². The highest BCUT2D eigenvalue weighted by atomic mass is 32.1. The van der Waals surface area contributed by atoms with Gasteiger partial charge in [-0.2, -0.15) is 0 Å². The summed E-state index contributed by atoms with van der Waals surface area (Å²) in [6.07, 6.45) is 2.07. The van der Waals surface area contributed by atoms with Crippen molar-refractivity contribution >= 4 is 27.5 Å². The molecule has 0 spiro atoms. The quantitative estimate of drug-likeness (QED) is 0.709. The van der Waals surface area contributed by atoms with Gasteiger partial charge in [0.1, 0.15) is 11.3 Å². The topological polar surface area (TPSA) is 59.2 Å². The van der Waals surface area contributed by atoms with Gasteiger partial charge in [0.05, 0.1) is 20.9 Å². The van der Waals surface area contributed by atoms with E-state index in [1.165, 1.54) is 4.70 Å². The number of carbonyl (C=O) groups excluding carboxylic acids is 1. The minimum Gasteiger partial charge on any atom is -0.361 e. The third-order valence-electron chi connectivity index (χ3n) is 4.62. The maximum absolute atomic E-state index is 12.9. The fraction of sp³-hybridized carbons (Fsp3) is 0.389.